The first-order valence-corrected chi connectivity index (χ1v) is 6.96. The molecule has 0 unspecified atom stereocenters. The van der Waals surface area contributed by atoms with Gasteiger partial charge in [-0.05, 0) is 35.5 Å². The minimum absolute atomic E-state index is 0.214. The van der Waals surface area contributed by atoms with Crippen molar-refractivity contribution in [3.05, 3.63) is 46.3 Å². The highest BCUT2D eigenvalue weighted by Crippen LogP contribution is 2.33. The summed E-state index contributed by atoms with van der Waals surface area (Å²) in [5.74, 6) is 0.246. The summed E-state index contributed by atoms with van der Waals surface area (Å²) in [4.78, 5) is 25.2. The van der Waals surface area contributed by atoms with E-state index in [1.807, 2.05) is 0 Å². The summed E-state index contributed by atoms with van der Waals surface area (Å²) in [6.07, 6.45) is 3.16. The van der Waals surface area contributed by atoms with Crippen molar-refractivity contribution in [2.45, 2.75) is 0 Å². The summed E-state index contributed by atoms with van der Waals surface area (Å²) in [7, 11) is 1.53. The number of benzene rings is 1. The summed E-state index contributed by atoms with van der Waals surface area (Å²) in [5, 5.41) is 0.160. The Bertz CT molecular complexity index is 612. The van der Waals surface area contributed by atoms with Gasteiger partial charge < -0.3 is 4.74 Å². The number of carbonyl (C=O) groups excluding carboxylic acids is 2. The molecule has 104 valence electrons. The smallest absolute Gasteiger partial charge is 0.293 e. The van der Waals surface area contributed by atoms with Crippen molar-refractivity contribution < 1.29 is 14.3 Å². The van der Waals surface area contributed by atoms with Crippen LogP contribution in [-0.4, -0.2) is 29.7 Å². The fourth-order valence-corrected chi connectivity index (χ4v) is 2.82. The van der Waals surface area contributed by atoms with Gasteiger partial charge >= 0.3 is 0 Å². The van der Waals surface area contributed by atoms with Gasteiger partial charge in [-0.25, -0.2) is 0 Å². The average Bonchev–Trinajstić information content (AvgIpc) is 2.67. The van der Waals surface area contributed by atoms with Crippen molar-refractivity contribution in [1.29, 1.82) is 0 Å². The van der Waals surface area contributed by atoms with E-state index < -0.39 is 0 Å². The van der Waals surface area contributed by atoms with E-state index in [9.17, 15) is 9.59 Å². The van der Waals surface area contributed by atoms with E-state index in [1.165, 1.54) is 13.2 Å². The molecular weight excluding hydrogens is 298 g/mol. The molecule has 6 heteroatoms. The normalized spacial score (nSPS) is 16.9. The third-order valence-electron chi connectivity index (χ3n) is 2.66. The predicted molar refractivity (Wildman–Crippen MR) is 80.9 cm³/mol. The van der Waals surface area contributed by atoms with Crippen LogP contribution in [0.3, 0.4) is 0 Å². The lowest BCUT2D eigenvalue weighted by molar-refractivity contribution is -0.122. The fraction of sp³-hybridized carbons (Fsp3) is 0.143. The van der Waals surface area contributed by atoms with E-state index in [4.69, 9.17) is 16.3 Å². The van der Waals surface area contributed by atoms with Crippen LogP contribution in [0.4, 0.5) is 4.79 Å². The van der Waals surface area contributed by atoms with Gasteiger partial charge in [0.15, 0.2) is 0 Å². The zero-order valence-electron chi connectivity index (χ0n) is 10.8. The number of ether oxygens (including phenoxy) is 1. The number of rotatable bonds is 4. The van der Waals surface area contributed by atoms with E-state index in [-0.39, 0.29) is 17.7 Å². The second-order valence-corrected chi connectivity index (χ2v) is 5.38. The molecule has 2 amide bonds. The molecule has 1 aliphatic rings. The van der Waals surface area contributed by atoms with Crippen molar-refractivity contribution in [3.8, 4) is 5.75 Å². The maximum absolute atomic E-state index is 12.0. The summed E-state index contributed by atoms with van der Waals surface area (Å²) >= 11 is 6.93. The molecular formula is C14H12ClNO3S. The Morgan fingerprint density at radius 1 is 1.45 bits per heavy atom. The average molecular weight is 310 g/mol. The zero-order chi connectivity index (χ0) is 14.7. The molecule has 1 aromatic rings. The predicted octanol–water partition coefficient (Wildman–Crippen LogP) is 3.57. The maximum Gasteiger partial charge on any atom is 0.293 e. The molecule has 0 aliphatic carbocycles. The van der Waals surface area contributed by atoms with Crippen LogP contribution in [0.2, 0.25) is 5.02 Å². The van der Waals surface area contributed by atoms with E-state index in [0.29, 0.717) is 15.7 Å². The Labute approximate surface area is 126 Å². The van der Waals surface area contributed by atoms with E-state index in [0.717, 1.165) is 22.2 Å². The largest absolute Gasteiger partial charge is 0.495 e. The highest BCUT2D eigenvalue weighted by atomic mass is 35.5. The van der Waals surface area contributed by atoms with Gasteiger partial charge in [-0.3, -0.25) is 14.5 Å². The molecule has 1 heterocycles. The number of methoxy groups -OCH3 is 1. The van der Waals surface area contributed by atoms with Crippen molar-refractivity contribution in [1.82, 2.24) is 4.90 Å². The van der Waals surface area contributed by atoms with Gasteiger partial charge in [-0.15, -0.1) is 6.58 Å². The van der Waals surface area contributed by atoms with Crippen molar-refractivity contribution >= 4 is 40.6 Å². The Kier molecular flexibility index (Phi) is 4.52. The lowest BCUT2D eigenvalue weighted by Crippen LogP contribution is -2.27. The summed E-state index contributed by atoms with van der Waals surface area (Å²) in [5.41, 5.74) is 0.736. The standard InChI is InChI=1S/C14H12ClNO3S/c1-3-6-16-13(17)12(20-14(16)18)8-9-4-5-11(19-2)10(15)7-9/h3-5,7-8H,1,6H2,2H3/b12-8-. The number of hydrogen-bond donors (Lipinski definition) is 0. The molecule has 1 aliphatic heterocycles. The van der Waals surface area contributed by atoms with Gasteiger partial charge in [-0.2, -0.15) is 0 Å². The molecule has 0 aromatic heterocycles. The zero-order valence-corrected chi connectivity index (χ0v) is 12.3. The molecule has 0 radical (unpaired) electrons. The number of halogens is 1. The Hall–Kier alpha value is -1.72. The Balaban J connectivity index is 2.28. The molecule has 0 N–H and O–H groups in total. The maximum atomic E-state index is 12.0. The SMILES string of the molecule is C=CCN1C(=O)S/C(=C\c2ccc(OC)c(Cl)c2)C1=O. The van der Waals surface area contributed by atoms with Gasteiger partial charge in [0.05, 0.1) is 17.0 Å². The number of amides is 2. The minimum Gasteiger partial charge on any atom is -0.495 e. The third kappa shape index (κ3) is 2.89. The first-order valence-electron chi connectivity index (χ1n) is 5.76. The monoisotopic (exact) mass is 309 g/mol. The first-order chi connectivity index (χ1) is 9.56. The molecule has 1 fully saturated rings. The number of hydrogen-bond acceptors (Lipinski definition) is 4. The topological polar surface area (TPSA) is 46.6 Å². The minimum atomic E-state index is -0.313. The van der Waals surface area contributed by atoms with Crippen LogP contribution in [0.1, 0.15) is 5.56 Å². The summed E-state index contributed by atoms with van der Waals surface area (Å²) < 4.78 is 5.06. The molecule has 4 nitrogen and oxygen atoms in total. The van der Waals surface area contributed by atoms with Gasteiger partial charge in [-0.1, -0.05) is 23.7 Å². The van der Waals surface area contributed by atoms with Crippen LogP contribution in [-0.2, 0) is 4.79 Å². The van der Waals surface area contributed by atoms with Crippen LogP contribution in [0.25, 0.3) is 6.08 Å². The summed E-state index contributed by atoms with van der Waals surface area (Å²) in [6, 6.07) is 5.16. The van der Waals surface area contributed by atoms with E-state index in [2.05, 4.69) is 6.58 Å². The lowest BCUT2D eigenvalue weighted by atomic mass is 10.2. The fourth-order valence-electron chi connectivity index (χ4n) is 1.71. The Morgan fingerprint density at radius 3 is 2.80 bits per heavy atom. The van der Waals surface area contributed by atoms with E-state index >= 15 is 0 Å². The lowest BCUT2D eigenvalue weighted by Gasteiger charge is -2.07. The third-order valence-corrected chi connectivity index (χ3v) is 3.86. The van der Waals surface area contributed by atoms with Crippen LogP contribution < -0.4 is 4.74 Å². The highest BCUT2D eigenvalue weighted by Gasteiger charge is 2.33. The van der Waals surface area contributed by atoms with Gasteiger partial charge in [0.1, 0.15) is 5.75 Å². The number of thioether (sulfide) groups is 1. The van der Waals surface area contributed by atoms with Gasteiger partial charge in [0, 0.05) is 6.54 Å². The molecule has 0 atom stereocenters. The molecule has 20 heavy (non-hydrogen) atoms. The number of nitrogens with zero attached hydrogens (tertiary/aromatic N) is 1. The number of carbonyl (C=O) groups is 2. The molecule has 1 saturated heterocycles. The van der Waals surface area contributed by atoms with Gasteiger partial charge in [0.2, 0.25) is 0 Å². The highest BCUT2D eigenvalue weighted by molar-refractivity contribution is 8.18. The number of imide groups is 1. The van der Waals surface area contributed by atoms with Crippen LogP contribution in [0.5, 0.6) is 5.75 Å². The van der Waals surface area contributed by atoms with Crippen LogP contribution >= 0.6 is 23.4 Å². The molecule has 0 saturated carbocycles. The summed E-state index contributed by atoms with van der Waals surface area (Å²) in [6.45, 7) is 3.74. The van der Waals surface area contributed by atoms with Crippen molar-refractivity contribution in [3.63, 3.8) is 0 Å². The Morgan fingerprint density at radius 2 is 2.20 bits per heavy atom. The van der Waals surface area contributed by atoms with Crippen LogP contribution in [0.15, 0.2) is 35.8 Å². The second kappa shape index (κ2) is 6.15. The molecule has 0 spiro atoms. The van der Waals surface area contributed by atoms with Crippen LogP contribution in [0, 0.1) is 0 Å². The first kappa shape index (κ1) is 14.7. The quantitative estimate of drug-likeness (QED) is 0.630. The van der Waals surface area contributed by atoms with Crippen molar-refractivity contribution in [2.24, 2.45) is 0 Å². The molecule has 2 rings (SSSR count). The van der Waals surface area contributed by atoms with Crippen molar-refractivity contribution in [2.75, 3.05) is 13.7 Å². The van der Waals surface area contributed by atoms with E-state index in [1.54, 1.807) is 24.3 Å². The van der Waals surface area contributed by atoms with Gasteiger partial charge in [0.25, 0.3) is 11.1 Å². The molecule has 0 bridgehead atoms. The molecule has 1 aromatic carbocycles. The second-order valence-electron chi connectivity index (χ2n) is 3.97.